The zero-order valence-electron chi connectivity index (χ0n) is 17.9. The first kappa shape index (κ1) is 23.1. The van der Waals surface area contributed by atoms with E-state index in [1.807, 2.05) is 19.9 Å². The highest BCUT2D eigenvalue weighted by molar-refractivity contribution is 6.42. The Labute approximate surface area is 189 Å². The number of carbonyl (C=O) groups is 1. The van der Waals surface area contributed by atoms with E-state index in [2.05, 4.69) is 4.98 Å². The van der Waals surface area contributed by atoms with Crippen molar-refractivity contribution in [3.63, 3.8) is 0 Å². The van der Waals surface area contributed by atoms with Gasteiger partial charge in [0.15, 0.2) is 11.2 Å². The zero-order chi connectivity index (χ0) is 22.9. The number of aromatic nitrogens is 4. The van der Waals surface area contributed by atoms with Gasteiger partial charge in [0.2, 0.25) is 5.91 Å². The van der Waals surface area contributed by atoms with E-state index < -0.39 is 11.2 Å². The van der Waals surface area contributed by atoms with Crippen LogP contribution >= 0.6 is 23.2 Å². The summed E-state index contributed by atoms with van der Waals surface area (Å²) in [6.07, 6.45) is 2.37. The summed E-state index contributed by atoms with van der Waals surface area (Å²) in [4.78, 5) is 43.5. The summed E-state index contributed by atoms with van der Waals surface area (Å²) in [5, 5.41) is 0.933. The second-order valence-electron chi connectivity index (χ2n) is 7.78. The van der Waals surface area contributed by atoms with Crippen LogP contribution in [-0.2, 0) is 32.0 Å². The summed E-state index contributed by atoms with van der Waals surface area (Å²) in [7, 11) is 3.02. The minimum Gasteiger partial charge on any atom is -0.336 e. The standard InChI is InChI=1S/C21H25Cl2N5O3/c1-13(2)28(11-14-7-8-15(22)16(23)10-14)17(29)6-5-9-27-12-24-19-18(27)20(30)26(4)21(31)25(19)3/h7-8,10,12-13H,5-6,9,11H2,1-4H3. The van der Waals surface area contributed by atoms with Crippen molar-refractivity contribution in [2.24, 2.45) is 14.1 Å². The van der Waals surface area contributed by atoms with Crippen LogP contribution in [0.1, 0.15) is 32.3 Å². The molecule has 3 aromatic rings. The van der Waals surface area contributed by atoms with Crippen molar-refractivity contribution >= 4 is 40.3 Å². The molecule has 0 aliphatic heterocycles. The van der Waals surface area contributed by atoms with Crippen molar-refractivity contribution in [3.05, 3.63) is 61.0 Å². The Hall–Kier alpha value is -2.58. The minimum atomic E-state index is -0.423. The van der Waals surface area contributed by atoms with E-state index >= 15 is 0 Å². The lowest BCUT2D eigenvalue weighted by atomic mass is 10.1. The van der Waals surface area contributed by atoms with E-state index in [0.29, 0.717) is 47.1 Å². The van der Waals surface area contributed by atoms with Crippen LogP contribution < -0.4 is 11.2 Å². The topological polar surface area (TPSA) is 82.1 Å². The molecule has 0 bridgehead atoms. The van der Waals surface area contributed by atoms with Crippen LogP contribution in [0.5, 0.6) is 0 Å². The second-order valence-corrected chi connectivity index (χ2v) is 8.60. The molecule has 1 amide bonds. The van der Waals surface area contributed by atoms with Crippen LogP contribution in [0.3, 0.4) is 0 Å². The van der Waals surface area contributed by atoms with E-state index in [1.54, 1.807) is 28.6 Å². The molecule has 0 fully saturated rings. The molecular weight excluding hydrogens is 441 g/mol. The first-order valence-electron chi connectivity index (χ1n) is 9.96. The molecule has 2 heterocycles. The monoisotopic (exact) mass is 465 g/mol. The summed E-state index contributed by atoms with van der Waals surface area (Å²) >= 11 is 12.1. The SMILES string of the molecule is CC(C)N(Cc1ccc(Cl)c(Cl)c1)C(=O)CCCn1cnc2c1c(=O)n(C)c(=O)n2C. The number of nitrogens with zero attached hydrogens (tertiary/aromatic N) is 5. The highest BCUT2D eigenvalue weighted by atomic mass is 35.5. The van der Waals surface area contributed by atoms with E-state index in [9.17, 15) is 14.4 Å². The molecule has 0 N–H and O–H groups in total. The maximum Gasteiger partial charge on any atom is 0.332 e. The zero-order valence-corrected chi connectivity index (χ0v) is 19.4. The first-order valence-corrected chi connectivity index (χ1v) is 10.7. The van der Waals surface area contributed by atoms with Gasteiger partial charge in [0.05, 0.1) is 16.4 Å². The van der Waals surface area contributed by atoms with Crippen LogP contribution in [-0.4, -0.2) is 35.5 Å². The van der Waals surface area contributed by atoms with Crippen molar-refractivity contribution in [2.75, 3.05) is 0 Å². The van der Waals surface area contributed by atoms with Crippen LogP contribution in [0, 0.1) is 0 Å². The van der Waals surface area contributed by atoms with Gasteiger partial charge < -0.3 is 9.47 Å². The average molecular weight is 466 g/mol. The third-order valence-electron chi connectivity index (χ3n) is 5.29. The molecule has 0 aliphatic rings. The van der Waals surface area contributed by atoms with Gasteiger partial charge in [0.1, 0.15) is 0 Å². The fraction of sp³-hybridized carbons (Fsp3) is 0.429. The summed E-state index contributed by atoms with van der Waals surface area (Å²) in [6.45, 7) is 4.80. The van der Waals surface area contributed by atoms with Gasteiger partial charge in [-0.2, -0.15) is 0 Å². The number of amides is 1. The normalized spacial score (nSPS) is 11.5. The molecular formula is C21H25Cl2N5O3. The molecule has 8 nitrogen and oxygen atoms in total. The second kappa shape index (κ2) is 9.28. The number of halogens is 2. The van der Waals surface area contributed by atoms with Crippen LogP contribution in [0.4, 0.5) is 0 Å². The maximum absolute atomic E-state index is 12.9. The molecule has 1 aromatic carbocycles. The van der Waals surface area contributed by atoms with Crippen molar-refractivity contribution in [3.8, 4) is 0 Å². The Morgan fingerprint density at radius 2 is 1.84 bits per heavy atom. The Morgan fingerprint density at radius 1 is 1.13 bits per heavy atom. The Bertz CT molecular complexity index is 1240. The van der Waals surface area contributed by atoms with Crippen molar-refractivity contribution < 1.29 is 4.79 Å². The summed E-state index contributed by atoms with van der Waals surface area (Å²) in [5.74, 6) is 0.00537. The molecule has 0 unspecified atom stereocenters. The van der Waals surface area contributed by atoms with Gasteiger partial charge >= 0.3 is 5.69 Å². The fourth-order valence-corrected chi connectivity index (χ4v) is 3.82. The third kappa shape index (κ3) is 4.70. The molecule has 10 heteroatoms. The van der Waals surface area contributed by atoms with Gasteiger partial charge in [-0.05, 0) is 38.0 Å². The van der Waals surface area contributed by atoms with Crippen LogP contribution in [0.2, 0.25) is 10.0 Å². The third-order valence-corrected chi connectivity index (χ3v) is 6.03. The quantitative estimate of drug-likeness (QED) is 0.536. The first-order chi connectivity index (χ1) is 14.6. The van der Waals surface area contributed by atoms with Crippen LogP contribution in [0.15, 0.2) is 34.1 Å². The van der Waals surface area contributed by atoms with E-state index in [0.717, 1.165) is 10.1 Å². The molecule has 31 heavy (non-hydrogen) atoms. The van der Waals surface area contributed by atoms with Crippen molar-refractivity contribution in [1.29, 1.82) is 0 Å². The lowest BCUT2D eigenvalue weighted by molar-refractivity contribution is -0.133. The molecule has 2 aromatic heterocycles. The van der Waals surface area contributed by atoms with Gasteiger partial charge in [-0.1, -0.05) is 29.3 Å². The number of benzene rings is 1. The average Bonchev–Trinajstić information content (AvgIpc) is 3.15. The Morgan fingerprint density at radius 3 is 2.48 bits per heavy atom. The fourth-order valence-electron chi connectivity index (χ4n) is 3.50. The smallest absolute Gasteiger partial charge is 0.332 e. The largest absolute Gasteiger partial charge is 0.336 e. The molecule has 0 atom stereocenters. The van der Waals surface area contributed by atoms with Gasteiger partial charge in [0, 0.05) is 39.6 Å². The molecule has 0 aliphatic carbocycles. The highest BCUT2D eigenvalue weighted by Crippen LogP contribution is 2.24. The Kier molecular flexibility index (Phi) is 6.91. The number of rotatable bonds is 7. The lowest BCUT2D eigenvalue weighted by Gasteiger charge is -2.27. The van der Waals surface area contributed by atoms with E-state index in [1.165, 1.54) is 17.9 Å². The van der Waals surface area contributed by atoms with Gasteiger partial charge in [-0.15, -0.1) is 0 Å². The predicted molar refractivity (Wildman–Crippen MR) is 122 cm³/mol. The number of imidazole rings is 1. The van der Waals surface area contributed by atoms with E-state index in [4.69, 9.17) is 23.2 Å². The van der Waals surface area contributed by atoms with E-state index in [-0.39, 0.29) is 11.9 Å². The number of hydrogen-bond donors (Lipinski definition) is 0. The summed E-state index contributed by atoms with van der Waals surface area (Å²) in [5.41, 5.74) is 0.774. The minimum absolute atomic E-state index is 0.00537. The molecule has 0 saturated carbocycles. The molecule has 0 saturated heterocycles. The lowest BCUT2D eigenvalue weighted by Crippen LogP contribution is -2.37. The maximum atomic E-state index is 12.9. The van der Waals surface area contributed by atoms with Gasteiger partial charge in [0.25, 0.3) is 5.56 Å². The van der Waals surface area contributed by atoms with Crippen molar-refractivity contribution in [1.82, 2.24) is 23.6 Å². The molecule has 0 radical (unpaired) electrons. The van der Waals surface area contributed by atoms with Gasteiger partial charge in [-0.3, -0.25) is 18.7 Å². The summed E-state index contributed by atoms with van der Waals surface area (Å²) in [6, 6.07) is 5.36. The summed E-state index contributed by atoms with van der Waals surface area (Å²) < 4.78 is 4.10. The number of carbonyl (C=O) groups excluding carboxylic acids is 1. The van der Waals surface area contributed by atoms with Gasteiger partial charge in [-0.25, -0.2) is 9.78 Å². The van der Waals surface area contributed by atoms with Crippen molar-refractivity contribution in [2.45, 2.75) is 45.8 Å². The molecule has 3 rings (SSSR count). The van der Waals surface area contributed by atoms with Crippen LogP contribution in [0.25, 0.3) is 11.2 Å². The number of hydrogen-bond acceptors (Lipinski definition) is 4. The number of fused-ring (bicyclic) bond motifs is 1. The highest BCUT2D eigenvalue weighted by Gasteiger charge is 2.19. The molecule has 166 valence electrons. The Balaban J connectivity index is 1.71. The predicted octanol–water partition coefficient (Wildman–Crippen LogP) is 2.96. The molecule has 0 spiro atoms. The number of aryl methyl sites for hydroxylation is 2.